The summed E-state index contributed by atoms with van der Waals surface area (Å²) in [5.74, 6) is -2.24. The Morgan fingerprint density at radius 2 is 0.530 bits per heavy atom. The zero-order valence-electron chi connectivity index (χ0n) is 63.4. The van der Waals surface area contributed by atoms with Crippen LogP contribution in [0.1, 0.15) is 349 Å². The molecule has 5 unspecified atom stereocenters. The number of ether oxygens (including phenoxy) is 4. The quantitative estimate of drug-likeness (QED) is 0.0169. The van der Waals surface area contributed by atoms with Crippen molar-refractivity contribution in [3.8, 4) is 0 Å². The van der Waals surface area contributed by atoms with Crippen molar-refractivity contribution < 1.29 is 80.2 Å². The number of rotatable bonds is 75. The Hall–Kier alpha value is -3.76. The van der Waals surface area contributed by atoms with Crippen molar-refractivity contribution in [3.63, 3.8) is 0 Å². The summed E-state index contributed by atoms with van der Waals surface area (Å²) in [6, 6.07) is 0. The highest BCUT2D eigenvalue weighted by molar-refractivity contribution is 7.47. The molecule has 0 saturated carbocycles. The van der Waals surface area contributed by atoms with Crippen LogP contribution in [-0.2, 0) is 65.4 Å². The lowest BCUT2D eigenvalue weighted by Crippen LogP contribution is -2.30. The van der Waals surface area contributed by atoms with Gasteiger partial charge < -0.3 is 33.8 Å². The number of carbonyl (C=O) groups excluding carboxylic acids is 4. The average Bonchev–Trinajstić information content (AvgIpc) is 1.06. The summed E-state index contributed by atoms with van der Waals surface area (Å²) in [4.78, 5) is 72.9. The third-order valence-electron chi connectivity index (χ3n) is 16.8. The zero-order valence-corrected chi connectivity index (χ0v) is 65.2. The van der Waals surface area contributed by atoms with Crippen molar-refractivity contribution in [2.45, 2.75) is 367 Å². The third kappa shape index (κ3) is 72.6. The van der Waals surface area contributed by atoms with Crippen molar-refractivity contribution in [1.82, 2.24) is 0 Å². The Morgan fingerprint density at radius 1 is 0.290 bits per heavy atom. The lowest BCUT2D eigenvalue weighted by Gasteiger charge is -2.21. The number of phosphoric ester groups is 2. The third-order valence-corrected chi connectivity index (χ3v) is 18.7. The molecule has 100 heavy (non-hydrogen) atoms. The first kappa shape index (κ1) is 96.2. The van der Waals surface area contributed by atoms with E-state index in [-0.39, 0.29) is 25.7 Å². The van der Waals surface area contributed by atoms with E-state index in [9.17, 15) is 43.2 Å². The van der Waals surface area contributed by atoms with Gasteiger partial charge in [-0.25, -0.2) is 9.13 Å². The summed E-state index contributed by atoms with van der Waals surface area (Å²) in [7, 11) is -9.96. The Labute approximate surface area is 608 Å². The monoisotopic (exact) mass is 1450 g/mol. The second-order valence-electron chi connectivity index (χ2n) is 26.6. The average molecular weight is 1450 g/mol. The molecule has 0 spiro atoms. The number of allylic oxidation sites excluding steroid dienone is 14. The summed E-state index contributed by atoms with van der Waals surface area (Å²) in [5.41, 5.74) is 0. The normalized spacial score (nSPS) is 14.3. The molecule has 0 rings (SSSR count). The number of carbonyl (C=O) groups is 4. The van der Waals surface area contributed by atoms with Crippen molar-refractivity contribution in [1.29, 1.82) is 0 Å². The van der Waals surface area contributed by atoms with Crippen LogP contribution < -0.4 is 0 Å². The zero-order chi connectivity index (χ0) is 73.2. The van der Waals surface area contributed by atoms with Gasteiger partial charge in [-0.15, -0.1) is 0 Å². The predicted molar refractivity (Wildman–Crippen MR) is 409 cm³/mol. The Balaban J connectivity index is 5.38. The predicted octanol–water partition coefficient (Wildman–Crippen LogP) is 23.0. The SMILES string of the molecule is CC/C=C\C/C=C\C/C=C\C/C=C\C/C=C\CCCC(=O)OCC(COP(=O)(O)OCC(O)COP(=O)(O)OCC(COC(=O)CCCCCCCCCCCCCCCCC)OC(=O)CCCCCCC/C=C\CCCCCC)OC(=O)CCCCCCC/C=C\CCCCCCCC. The maximum absolute atomic E-state index is 13.1. The van der Waals surface area contributed by atoms with Crippen LogP contribution >= 0.6 is 15.6 Å². The molecule has 0 amide bonds. The summed E-state index contributed by atoms with van der Waals surface area (Å²) in [6.07, 6.45) is 75.7. The lowest BCUT2D eigenvalue weighted by molar-refractivity contribution is -0.161. The Kier molecular flexibility index (Phi) is 70.8. The minimum Gasteiger partial charge on any atom is -0.462 e. The molecule has 580 valence electrons. The van der Waals surface area contributed by atoms with Gasteiger partial charge in [0.1, 0.15) is 19.3 Å². The molecular weight excluding hydrogens is 1310 g/mol. The van der Waals surface area contributed by atoms with E-state index in [1.165, 1.54) is 135 Å². The van der Waals surface area contributed by atoms with Crippen LogP contribution in [0.25, 0.3) is 0 Å². The molecule has 0 aliphatic carbocycles. The molecule has 0 radical (unpaired) electrons. The van der Waals surface area contributed by atoms with Gasteiger partial charge in [-0.3, -0.25) is 37.3 Å². The number of esters is 4. The van der Waals surface area contributed by atoms with E-state index in [0.29, 0.717) is 32.1 Å². The summed E-state index contributed by atoms with van der Waals surface area (Å²) < 4.78 is 68.5. The molecule has 0 fully saturated rings. The smallest absolute Gasteiger partial charge is 0.462 e. The van der Waals surface area contributed by atoms with Gasteiger partial charge in [-0.1, -0.05) is 293 Å². The van der Waals surface area contributed by atoms with Gasteiger partial charge in [0.2, 0.25) is 0 Å². The van der Waals surface area contributed by atoms with Gasteiger partial charge in [-0.05, 0) is 116 Å². The molecule has 3 N–H and O–H groups in total. The van der Waals surface area contributed by atoms with Crippen LogP contribution in [0.3, 0.4) is 0 Å². The number of hydrogen-bond acceptors (Lipinski definition) is 15. The van der Waals surface area contributed by atoms with Gasteiger partial charge in [0, 0.05) is 25.7 Å². The fourth-order valence-electron chi connectivity index (χ4n) is 10.8. The highest BCUT2D eigenvalue weighted by atomic mass is 31.2. The first-order valence-corrected chi connectivity index (χ1v) is 42.8. The molecule has 0 bridgehead atoms. The highest BCUT2D eigenvalue weighted by Gasteiger charge is 2.30. The Morgan fingerprint density at radius 3 is 0.860 bits per heavy atom. The van der Waals surface area contributed by atoms with Crippen LogP contribution in [0.15, 0.2) is 85.1 Å². The molecule has 0 saturated heterocycles. The van der Waals surface area contributed by atoms with Gasteiger partial charge in [0.15, 0.2) is 12.2 Å². The van der Waals surface area contributed by atoms with Crippen LogP contribution in [0.2, 0.25) is 0 Å². The van der Waals surface area contributed by atoms with Gasteiger partial charge in [0.25, 0.3) is 0 Å². The van der Waals surface area contributed by atoms with Crippen LogP contribution in [0, 0.1) is 0 Å². The molecule has 0 aliphatic rings. The maximum atomic E-state index is 13.1. The molecule has 0 aromatic rings. The molecular formula is C81H144O17P2. The summed E-state index contributed by atoms with van der Waals surface area (Å²) in [5, 5.41) is 10.6. The van der Waals surface area contributed by atoms with E-state index < -0.39 is 97.5 Å². The fourth-order valence-corrected chi connectivity index (χ4v) is 12.4. The van der Waals surface area contributed by atoms with Crippen molar-refractivity contribution in [2.75, 3.05) is 39.6 Å². The largest absolute Gasteiger partial charge is 0.472 e. The molecule has 0 aromatic heterocycles. The van der Waals surface area contributed by atoms with Gasteiger partial charge >= 0.3 is 39.5 Å². The topological polar surface area (TPSA) is 237 Å². The Bertz CT molecular complexity index is 2230. The summed E-state index contributed by atoms with van der Waals surface area (Å²) in [6.45, 7) is 4.71. The van der Waals surface area contributed by atoms with E-state index in [1.54, 1.807) is 0 Å². The number of aliphatic hydroxyl groups excluding tert-OH is 1. The van der Waals surface area contributed by atoms with E-state index in [0.717, 1.165) is 128 Å². The number of unbranched alkanes of at least 4 members (excludes halogenated alkanes) is 35. The van der Waals surface area contributed by atoms with Crippen molar-refractivity contribution in [3.05, 3.63) is 85.1 Å². The standard InChI is InChI=1S/C81H144O17P2/c1-5-9-13-17-21-25-29-33-36-37-40-43-46-50-54-58-62-66-79(84)92-72-77(98-81(86)68-64-60-56-52-48-44-39-35-31-27-23-19-15-11-7-3)74-96-100(89,90)94-70-75(82)69-93-99(87,88)95-73-76(97-80(85)67-63-59-55-51-47-41-32-28-24-20-16-12-8-4)71-91-78(83)65-61-57-53-49-45-42-38-34-30-26-22-18-14-10-6-2/h9,13,21,25,28,32-33,35-36,39-40,43,50,54,75-77,82H,5-8,10-12,14-20,22-24,26-27,29-31,34,37-38,41-42,44-49,51-53,55-74H2,1-4H3,(H,87,88)(H,89,90)/b13-9-,25-21-,32-28-,36-33-,39-35-,43-40-,54-50-. The molecule has 17 nitrogen and oxygen atoms in total. The number of phosphoric acid groups is 2. The van der Waals surface area contributed by atoms with Gasteiger partial charge in [-0.2, -0.15) is 0 Å². The molecule has 5 atom stereocenters. The lowest BCUT2D eigenvalue weighted by atomic mass is 10.0. The van der Waals surface area contributed by atoms with Crippen LogP contribution in [-0.4, -0.2) is 96.7 Å². The van der Waals surface area contributed by atoms with Crippen LogP contribution in [0.4, 0.5) is 0 Å². The summed E-state index contributed by atoms with van der Waals surface area (Å²) >= 11 is 0. The van der Waals surface area contributed by atoms with E-state index in [2.05, 4.69) is 101 Å². The number of aliphatic hydroxyl groups is 1. The first-order chi connectivity index (χ1) is 48.7. The second kappa shape index (κ2) is 73.5. The van der Waals surface area contributed by atoms with Crippen molar-refractivity contribution >= 4 is 39.5 Å². The van der Waals surface area contributed by atoms with E-state index >= 15 is 0 Å². The maximum Gasteiger partial charge on any atom is 0.472 e. The second-order valence-corrected chi connectivity index (χ2v) is 29.5. The minimum absolute atomic E-state index is 0.0741. The van der Waals surface area contributed by atoms with Crippen LogP contribution in [0.5, 0.6) is 0 Å². The first-order valence-electron chi connectivity index (χ1n) is 39.8. The highest BCUT2D eigenvalue weighted by Crippen LogP contribution is 2.45. The molecule has 0 heterocycles. The van der Waals surface area contributed by atoms with E-state index in [4.69, 9.17) is 37.0 Å². The fraction of sp³-hybridized carbons (Fsp3) is 0.778. The minimum atomic E-state index is -4.99. The van der Waals surface area contributed by atoms with Gasteiger partial charge in [0.05, 0.1) is 26.4 Å². The number of hydrogen-bond donors (Lipinski definition) is 3. The molecule has 0 aliphatic heterocycles. The molecule has 0 aromatic carbocycles. The molecule has 19 heteroatoms. The van der Waals surface area contributed by atoms with E-state index in [1.807, 2.05) is 12.2 Å². The van der Waals surface area contributed by atoms with Crippen molar-refractivity contribution in [2.24, 2.45) is 0 Å².